The molecule has 0 bridgehead atoms. The van der Waals surface area contributed by atoms with E-state index in [0.29, 0.717) is 33.8 Å². The number of amides is 1. The van der Waals surface area contributed by atoms with Gasteiger partial charge >= 0.3 is 5.69 Å². The van der Waals surface area contributed by atoms with Gasteiger partial charge < -0.3 is 14.8 Å². The molecule has 0 aliphatic carbocycles. The zero-order valence-electron chi connectivity index (χ0n) is 14.9. The fraction of sp³-hybridized carbons (Fsp3) is 0.278. The van der Waals surface area contributed by atoms with Crippen LogP contribution >= 0.6 is 35.0 Å². The van der Waals surface area contributed by atoms with Crippen LogP contribution in [0.5, 0.6) is 11.5 Å². The Balaban J connectivity index is 1.69. The zero-order valence-corrected chi connectivity index (χ0v) is 17.3. The van der Waals surface area contributed by atoms with E-state index < -0.39 is 4.92 Å². The summed E-state index contributed by atoms with van der Waals surface area (Å²) in [4.78, 5) is 22.2. The maximum atomic E-state index is 11.9. The number of rotatable bonds is 10. The lowest BCUT2D eigenvalue weighted by molar-refractivity contribution is -0.385. The van der Waals surface area contributed by atoms with E-state index in [0.717, 1.165) is 5.56 Å². The highest BCUT2D eigenvalue weighted by molar-refractivity contribution is 7.98. The molecular weight excluding hydrogens is 427 g/mol. The number of nitrogens with zero attached hydrogens (tertiary/aromatic N) is 1. The van der Waals surface area contributed by atoms with Gasteiger partial charge in [0.05, 0.1) is 12.0 Å². The van der Waals surface area contributed by atoms with Crippen LogP contribution in [0.4, 0.5) is 5.69 Å². The zero-order chi connectivity index (χ0) is 20.5. The molecule has 150 valence electrons. The van der Waals surface area contributed by atoms with Crippen LogP contribution in [0.15, 0.2) is 36.4 Å². The number of nitrogens with one attached hydrogen (secondary N) is 1. The number of carbonyl (C=O) groups excluding carboxylic acids is 1. The molecule has 0 fully saturated rings. The molecule has 0 saturated carbocycles. The van der Waals surface area contributed by atoms with Crippen LogP contribution in [0.25, 0.3) is 0 Å². The molecule has 0 saturated heterocycles. The van der Waals surface area contributed by atoms with Crippen LogP contribution in [0, 0.1) is 10.1 Å². The first kappa shape index (κ1) is 22.1. The van der Waals surface area contributed by atoms with E-state index in [1.165, 1.54) is 25.3 Å². The van der Waals surface area contributed by atoms with E-state index in [1.807, 2.05) is 6.07 Å². The Bertz CT molecular complexity index is 851. The van der Waals surface area contributed by atoms with Gasteiger partial charge in [-0.3, -0.25) is 14.9 Å². The number of halogens is 2. The number of nitro groups is 1. The maximum Gasteiger partial charge on any atom is 0.311 e. The van der Waals surface area contributed by atoms with Crippen LogP contribution in [0.3, 0.4) is 0 Å². The predicted octanol–water partition coefficient (Wildman–Crippen LogP) is 4.34. The highest BCUT2D eigenvalue weighted by atomic mass is 35.5. The summed E-state index contributed by atoms with van der Waals surface area (Å²) < 4.78 is 10.3. The largest absolute Gasteiger partial charge is 0.490 e. The van der Waals surface area contributed by atoms with E-state index in [2.05, 4.69) is 5.32 Å². The molecule has 2 aromatic carbocycles. The van der Waals surface area contributed by atoms with Gasteiger partial charge in [0.2, 0.25) is 5.75 Å². The summed E-state index contributed by atoms with van der Waals surface area (Å²) in [6, 6.07) is 9.42. The van der Waals surface area contributed by atoms with Gasteiger partial charge in [0, 0.05) is 40.2 Å². The molecule has 10 heteroatoms. The summed E-state index contributed by atoms with van der Waals surface area (Å²) >= 11 is 13.6. The van der Waals surface area contributed by atoms with Crippen LogP contribution in [-0.4, -0.2) is 36.8 Å². The number of thioether (sulfide) groups is 1. The lowest BCUT2D eigenvalue weighted by Gasteiger charge is -2.09. The van der Waals surface area contributed by atoms with Crippen LogP contribution in [0.1, 0.15) is 5.56 Å². The van der Waals surface area contributed by atoms with Crippen molar-refractivity contribution in [1.29, 1.82) is 0 Å². The van der Waals surface area contributed by atoms with Crippen molar-refractivity contribution in [3.05, 3.63) is 62.1 Å². The minimum Gasteiger partial charge on any atom is -0.490 e. The normalized spacial score (nSPS) is 10.4. The Morgan fingerprint density at radius 1 is 1.25 bits per heavy atom. The summed E-state index contributed by atoms with van der Waals surface area (Å²) in [5.74, 6) is 1.51. The Labute approximate surface area is 176 Å². The third-order valence-corrected chi connectivity index (χ3v) is 5.15. The molecule has 0 spiro atoms. The van der Waals surface area contributed by atoms with Crippen molar-refractivity contribution < 1.29 is 19.2 Å². The van der Waals surface area contributed by atoms with Gasteiger partial charge in [0.25, 0.3) is 5.91 Å². The molecule has 0 aliphatic heterocycles. The third-order valence-electron chi connectivity index (χ3n) is 3.56. The molecule has 2 rings (SSSR count). The van der Waals surface area contributed by atoms with Crippen LogP contribution < -0.4 is 14.8 Å². The summed E-state index contributed by atoms with van der Waals surface area (Å²) in [6.07, 6.45) is 0. The number of hydrogen-bond donors (Lipinski definition) is 1. The van der Waals surface area contributed by atoms with E-state index in [-0.39, 0.29) is 24.0 Å². The molecule has 1 N–H and O–H groups in total. The molecule has 2 aromatic rings. The number of methoxy groups -OCH3 is 1. The molecule has 0 heterocycles. The molecule has 28 heavy (non-hydrogen) atoms. The van der Waals surface area contributed by atoms with Crippen molar-refractivity contribution in [2.75, 3.05) is 26.0 Å². The highest BCUT2D eigenvalue weighted by Gasteiger charge is 2.15. The summed E-state index contributed by atoms with van der Waals surface area (Å²) in [5, 5.41) is 14.8. The Kier molecular flexibility index (Phi) is 8.69. The SMILES string of the molecule is COc1cc(OCC(=O)NCCSCc2ccc(Cl)cc2Cl)ccc1[N+](=O)[O-]. The van der Waals surface area contributed by atoms with E-state index >= 15 is 0 Å². The quantitative estimate of drug-likeness (QED) is 0.333. The van der Waals surface area contributed by atoms with E-state index in [4.69, 9.17) is 32.7 Å². The standard InChI is InChI=1S/C18H18Cl2N2O5S/c1-26-17-9-14(4-5-16(17)22(24)25)27-10-18(23)21-6-7-28-11-12-2-3-13(19)8-15(12)20/h2-5,8-9H,6-7,10-11H2,1H3,(H,21,23). The smallest absolute Gasteiger partial charge is 0.311 e. The fourth-order valence-electron chi connectivity index (χ4n) is 2.18. The lowest BCUT2D eigenvalue weighted by Crippen LogP contribution is -2.30. The second kappa shape index (κ2) is 11.0. The highest BCUT2D eigenvalue weighted by Crippen LogP contribution is 2.30. The van der Waals surface area contributed by atoms with Gasteiger partial charge in [-0.15, -0.1) is 0 Å². The third kappa shape index (κ3) is 6.78. The lowest BCUT2D eigenvalue weighted by atomic mass is 10.2. The molecule has 7 nitrogen and oxygen atoms in total. The molecule has 0 aliphatic rings. The number of ether oxygens (including phenoxy) is 2. The average Bonchev–Trinajstić information content (AvgIpc) is 2.67. The first-order chi connectivity index (χ1) is 13.4. The predicted molar refractivity (Wildman–Crippen MR) is 111 cm³/mol. The number of hydrogen-bond acceptors (Lipinski definition) is 6. The van der Waals surface area contributed by atoms with Crippen molar-refractivity contribution in [2.24, 2.45) is 0 Å². The number of nitro benzene ring substituents is 1. The summed E-state index contributed by atoms with van der Waals surface area (Å²) in [5.41, 5.74) is 0.815. The minimum atomic E-state index is -0.551. The molecule has 0 radical (unpaired) electrons. The van der Waals surface area contributed by atoms with Crippen molar-refractivity contribution >= 4 is 46.6 Å². The minimum absolute atomic E-state index is 0.0696. The molecular formula is C18H18Cl2N2O5S. The van der Waals surface area contributed by atoms with Gasteiger partial charge in [-0.05, 0) is 23.8 Å². The molecule has 0 atom stereocenters. The van der Waals surface area contributed by atoms with Crippen molar-refractivity contribution in [3.63, 3.8) is 0 Å². The van der Waals surface area contributed by atoms with E-state index in [9.17, 15) is 14.9 Å². The molecule has 1 amide bonds. The monoisotopic (exact) mass is 444 g/mol. The maximum absolute atomic E-state index is 11.9. The summed E-state index contributed by atoms with van der Waals surface area (Å²) in [6.45, 7) is 0.274. The Hall–Kier alpha value is -2.16. The van der Waals surface area contributed by atoms with Crippen molar-refractivity contribution in [1.82, 2.24) is 5.32 Å². The first-order valence-corrected chi connectivity index (χ1v) is 10.1. The van der Waals surface area contributed by atoms with Gasteiger partial charge in [0.1, 0.15) is 5.75 Å². The Morgan fingerprint density at radius 3 is 2.71 bits per heavy atom. The first-order valence-electron chi connectivity index (χ1n) is 8.14. The molecule has 0 aromatic heterocycles. The second-order valence-corrected chi connectivity index (χ2v) is 7.47. The van der Waals surface area contributed by atoms with Gasteiger partial charge in [-0.2, -0.15) is 11.8 Å². The van der Waals surface area contributed by atoms with Crippen LogP contribution in [-0.2, 0) is 10.5 Å². The van der Waals surface area contributed by atoms with Gasteiger partial charge in [-0.25, -0.2) is 0 Å². The average molecular weight is 445 g/mol. The van der Waals surface area contributed by atoms with Gasteiger partial charge in [-0.1, -0.05) is 29.3 Å². The summed E-state index contributed by atoms with van der Waals surface area (Å²) in [7, 11) is 1.33. The number of benzene rings is 2. The second-order valence-electron chi connectivity index (χ2n) is 5.52. The molecule has 0 unspecified atom stereocenters. The van der Waals surface area contributed by atoms with Crippen LogP contribution in [0.2, 0.25) is 10.0 Å². The van der Waals surface area contributed by atoms with Crippen molar-refractivity contribution in [2.45, 2.75) is 5.75 Å². The van der Waals surface area contributed by atoms with E-state index in [1.54, 1.807) is 23.9 Å². The Morgan fingerprint density at radius 2 is 2.04 bits per heavy atom. The fourth-order valence-corrected chi connectivity index (χ4v) is 3.60. The van der Waals surface area contributed by atoms with Gasteiger partial charge in [0.15, 0.2) is 6.61 Å². The number of carbonyl (C=O) groups is 1. The topological polar surface area (TPSA) is 90.7 Å². The van der Waals surface area contributed by atoms with Crippen molar-refractivity contribution in [3.8, 4) is 11.5 Å².